The second kappa shape index (κ2) is 10.5. The van der Waals surface area contributed by atoms with Gasteiger partial charge in [-0.2, -0.15) is 0 Å². The van der Waals surface area contributed by atoms with Crippen LogP contribution in [0.2, 0.25) is 5.02 Å². The average Bonchev–Trinajstić information content (AvgIpc) is 2.80. The number of para-hydroxylation sites is 1. The Hall–Kier alpha value is -3.75. The number of sulfone groups is 1. The number of benzene rings is 2. The lowest BCUT2D eigenvalue weighted by atomic mass is 10.0. The number of hydrogen-bond acceptors (Lipinski definition) is 6. The molecule has 4 aromatic rings. The minimum absolute atomic E-state index is 0.0671. The SMILES string of the molecule is Cc1ccc(-c2ncc(Cl)cc2-c2ccc(S(C)(=O)=O)cc2)cn1.O=C(O)c1ccccc1O. The van der Waals surface area contributed by atoms with E-state index in [0.717, 1.165) is 28.1 Å². The molecule has 2 aromatic heterocycles. The summed E-state index contributed by atoms with van der Waals surface area (Å²) in [5.74, 6) is -1.31. The molecule has 0 saturated carbocycles. The van der Waals surface area contributed by atoms with Gasteiger partial charge in [-0.05, 0) is 55.0 Å². The third kappa shape index (κ3) is 6.18. The van der Waals surface area contributed by atoms with Crippen LogP contribution in [0.15, 0.2) is 84.0 Å². The first-order valence-electron chi connectivity index (χ1n) is 9.96. The quantitative estimate of drug-likeness (QED) is 0.395. The third-order valence-electron chi connectivity index (χ3n) is 4.77. The van der Waals surface area contributed by atoms with Crippen molar-refractivity contribution in [1.29, 1.82) is 0 Å². The number of pyridine rings is 2. The molecule has 0 fully saturated rings. The van der Waals surface area contributed by atoms with Gasteiger partial charge in [0.2, 0.25) is 0 Å². The first kappa shape index (κ1) is 24.9. The van der Waals surface area contributed by atoms with Gasteiger partial charge in [-0.15, -0.1) is 0 Å². The van der Waals surface area contributed by atoms with E-state index >= 15 is 0 Å². The van der Waals surface area contributed by atoms with Crippen molar-refractivity contribution in [3.8, 4) is 28.1 Å². The number of aryl methyl sites for hydroxylation is 1. The molecule has 0 aliphatic rings. The fourth-order valence-electron chi connectivity index (χ4n) is 3.03. The molecular formula is C25H21ClN2O5S. The molecule has 2 heterocycles. The fourth-order valence-corrected chi connectivity index (χ4v) is 3.82. The normalized spacial score (nSPS) is 10.8. The maximum atomic E-state index is 11.6. The predicted octanol–water partition coefficient (Wildman–Crippen LogP) is 5.27. The summed E-state index contributed by atoms with van der Waals surface area (Å²) in [6.07, 6.45) is 4.54. The summed E-state index contributed by atoms with van der Waals surface area (Å²) in [6, 6.07) is 18.2. The number of halogens is 1. The van der Waals surface area contributed by atoms with Gasteiger partial charge in [0.15, 0.2) is 9.84 Å². The van der Waals surface area contributed by atoms with Crippen LogP contribution in [0.25, 0.3) is 22.4 Å². The van der Waals surface area contributed by atoms with Crippen LogP contribution in [0.1, 0.15) is 16.1 Å². The summed E-state index contributed by atoms with van der Waals surface area (Å²) in [7, 11) is -3.23. The number of aromatic nitrogens is 2. The molecule has 0 spiro atoms. The first-order chi connectivity index (χ1) is 16.1. The van der Waals surface area contributed by atoms with Crippen molar-refractivity contribution in [2.24, 2.45) is 0 Å². The van der Waals surface area contributed by atoms with E-state index in [9.17, 15) is 13.2 Å². The molecule has 174 valence electrons. The van der Waals surface area contributed by atoms with Crippen molar-refractivity contribution >= 4 is 27.4 Å². The summed E-state index contributed by atoms with van der Waals surface area (Å²) >= 11 is 6.11. The monoisotopic (exact) mass is 496 g/mol. The molecule has 0 aliphatic carbocycles. The van der Waals surface area contributed by atoms with Gasteiger partial charge in [0.05, 0.1) is 15.6 Å². The number of hydrogen-bond donors (Lipinski definition) is 2. The summed E-state index contributed by atoms with van der Waals surface area (Å²) in [6.45, 7) is 1.92. The molecule has 0 unspecified atom stereocenters. The van der Waals surface area contributed by atoms with Gasteiger partial charge in [0.25, 0.3) is 0 Å². The summed E-state index contributed by atoms with van der Waals surface area (Å²) in [5, 5.41) is 17.8. The molecular weight excluding hydrogens is 476 g/mol. The van der Waals surface area contributed by atoms with E-state index in [2.05, 4.69) is 9.97 Å². The van der Waals surface area contributed by atoms with Crippen LogP contribution in [0.5, 0.6) is 5.75 Å². The van der Waals surface area contributed by atoms with Gasteiger partial charge >= 0.3 is 5.97 Å². The highest BCUT2D eigenvalue weighted by Crippen LogP contribution is 2.32. The van der Waals surface area contributed by atoms with Crippen molar-refractivity contribution in [3.63, 3.8) is 0 Å². The number of nitrogens with zero attached hydrogens (tertiary/aromatic N) is 2. The molecule has 0 radical (unpaired) electrons. The molecule has 0 bridgehead atoms. The van der Waals surface area contributed by atoms with Gasteiger partial charge < -0.3 is 10.2 Å². The lowest BCUT2D eigenvalue weighted by Crippen LogP contribution is -1.97. The maximum Gasteiger partial charge on any atom is 0.339 e. The molecule has 7 nitrogen and oxygen atoms in total. The molecule has 0 amide bonds. The number of carbonyl (C=O) groups is 1. The Morgan fingerprint density at radius 2 is 1.56 bits per heavy atom. The Bertz CT molecular complexity index is 1420. The lowest BCUT2D eigenvalue weighted by Gasteiger charge is -2.10. The van der Waals surface area contributed by atoms with Gasteiger partial charge in [0, 0.05) is 35.5 Å². The number of aromatic carboxylic acids is 1. The maximum absolute atomic E-state index is 11.6. The van der Waals surface area contributed by atoms with Crippen LogP contribution in [-0.2, 0) is 9.84 Å². The zero-order valence-corrected chi connectivity index (χ0v) is 19.9. The molecule has 9 heteroatoms. The van der Waals surface area contributed by atoms with E-state index in [1.807, 2.05) is 25.1 Å². The Morgan fingerprint density at radius 1 is 0.912 bits per heavy atom. The molecule has 4 rings (SSSR count). The second-order valence-electron chi connectivity index (χ2n) is 7.36. The Balaban J connectivity index is 0.000000271. The third-order valence-corrected chi connectivity index (χ3v) is 6.10. The second-order valence-corrected chi connectivity index (χ2v) is 9.81. The molecule has 34 heavy (non-hydrogen) atoms. The van der Waals surface area contributed by atoms with Gasteiger partial charge in [-0.25, -0.2) is 13.2 Å². The van der Waals surface area contributed by atoms with Crippen LogP contribution in [0.3, 0.4) is 0 Å². The number of aromatic hydroxyl groups is 1. The van der Waals surface area contributed by atoms with Crippen molar-refractivity contribution in [2.45, 2.75) is 11.8 Å². The van der Waals surface area contributed by atoms with Crippen LogP contribution >= 0.6 is 11.6 Å². The minimum atomic E-state index is -3.23. The minimum Gasteiger partial charge on any atom is -0.507 e. The zero-order chi connectivity index (χ0) is 24.9. The summed E-state index contributed by atoms with van der Waals surface area (Å²) in [4.78, 5) is 19.3. The summed E-state index contributed by atoms with van der Waals surface area (Å²) < 4.78 is 23.2. The van der Waals surface area contributed by atoms with Crippen molar-refractivity contribution < 1.29 is 23.4 Å². The van der Waals surface area contributed by atoms with Crippen LogP contribution < -0.4 is 0 Å². The van der Waals surface area contributed by atoms with E-state index in [4.69, 9.17) is 21.8 Å². The van der Waals surface area contributed by atoms with Gasteiger partial charge in [0.1, 0.15) is 11.3 Å². The number of phenols is 1. The Morgan fingerprint density at radius 3 is 2.09 bits per heavy atom. The first-order valence-corrected chi connectivity index (χ1v) is 12.2. The summed E-state index contributed by atoms with van der Waals surface area (Å²) in [5.41, 5.74) is 4.15. The fraction of sp³-hybridized carbons (Fsp3) is 0.0800. The topological polar surface area (TPSA) is 117 Å². The number of carboxylic acid groups (broad SMARTS) is 1. The highest BCUT2D eigenvalue weighted by molar-refractivity contribution is 7.90. The number of rotatable bonds is 4. The molecule has 2 aromatic carbocycles. The lowest BCUT2D eigenvalue weighted by molar-refractivity contribution is 0.0693. The van der Waals surface area contributed by atoms with Gasteiger partial charge in [-0.1, -0.05) is 35.9 Å². The van der Waals surface area contributed by atoms with Crippen LogP contribution in [-0.4, -0.2) is 40.8 Å². The average molecular weight is 497 g/mol. The van der Waals surface area contributed by atoms with E-state index in [1.165, 1.54) is 18.4 Å². The van der Waals surface area contributed by atoms with Crippen LogP contribution in [0, 0.1) is 6.92 Å². The van der Waals surface area contributed by atoms with E-state index in [0.29, 0.717) is 5.02 Å². The van der Waals surface area contributed by atoms with E-state index < -0.39 is 15.8 Å². The largest absolute Gasteiger partial charge is 0.507 e. The number of carboxylic acids is 1. The molecule has 0 atom stereocenters. The standard InChI is InChI=1S/C18H15ClN2O2S.C7H6O3/c1-12-3-4-14(10-20-12)18-17(9-15(19)11-21-18)13-5-7-16(8-6-13)24(2,22)23;8-6-4-2-1-3-5(6)7(9)10/h3-11H,1-2H3;1-4,8H,(H,9,10). The van der Waals surface area contributed by atoms with Crippen molar-refractivity contribution in [1.82, 2.24) is 9.97 Å². The Labute approximate surface area is 202 Å². The van der Waals surface area contributed by atoms with E-state index in [1.54, 1.807) is 48.8 Å². The van der Waals surface area contributed by atoms with E-state index in [-0.39, 0.29) is 16.2 Å². The highest BCUT2D eigenvalue weighted by Gasteiger charge is 2.12. The van der Waals surface area contributed by atoms with Crippen molar-refractivity contribution in [3.05, 3.63) is 95.4 Å². The van der Waals surface area contributed by atoms with Crippen molar-refractivity contribution in [2.75, 3.05) is 6.26 Å². The zero-order valence-electron chi connectivity index (χ0n) is 18.3. The highest BCUT2D eigenvalue weighted by atomic mass is 35.5. The van der Waals surface area contributed by atoms with Gasteiger partial charge in [-0.3, -0.25) is 9.97 Å². The predicted molar refractivity (Wildman–Crippen MR) is 131 cm³/mol. The van der Waals surface area contributed by atoms with Crippen LogP contribution in [0.4, 0.5) is 0 Å². The smallest absolute Gasteiger partial charge is 0.339 e. The molecule has 2 N–H and O–H groups in total. The molecule has 0 aliphatic heterocycles. The Kier molecular flexibility index (Phi) is 7.65. The molecule has 0 saturated heterocycles.